The number of non-ortho nitro benzene ring substituents is 1. The molecule has 0 amide bonds. The van der Waals surface area contributed by atoms with Crippen LogP contribution < -0.4 is 5.32 Å². The molecule has 0 aliphatic carbocycles. The van der Waals surface area contributed by atoms with E-state index in [0.717, 1.165) is 0 Å². The van der Waals surface area contributed by atoms with Gasteiger partial charge in [-0.1, -0.05) is 0 Å². The summed E-state index contributed by atoms with van der Waals surface area (Å²) in [5.74, 6) is -1.06. The van der Waals surface area contributed by atoms with Gasteiger partial charge in [0, 0.05) is 6.07 Å². The van der Waals surface area contributed by atoms with Crippen LogP contribution in [0.2, 0.25) is 0 Å². The Hall–Kier alpha value is -2.71. The van der Waals surface area contributed by atoms with Crippen molar-refractivity contribution in [3.8, 4) is 0 Å². The lowest BCUT2D eigenvalue weighted by molar-refractivity contribution is -0.383. The second-order valence-corrected chi connectivity index (χ2v) is 3.56. The lowest BCUT2D eigenvalue weighted by atomic mass is 10.2. The van der Waals surface area contributed by atoms with Gasteiger partial charge in [0.05, 0.1) is 10.6 Å². The molecular formula is C9H8N4O5. The number of aliphatic carboxylic acids is 1. The fourth-order valence-corrected chi connectivity index (χ4v) is 1.41. The van der Waals surface area contributed by atoms with E-state index in [1.807, 2.05) is 0 Å². The molecule has 2 N–H and O–H groups in total. The number of hydrogen-bond acceptors (Lipinski definition) is 7. The van der Waals surface area contributed by atoms with Crippen LogP contribution in [0.5, 0.6) is 0 Å². The zero-order valence-corrected chi connectivity index (χ0v) is 9.15. The molecule has 0 aliphatic heterocycles. The molecule has 2 aromatic rings. The van der Waals surface area contributed by atoms with Gasteiger partial charge >= 0.3 is 11.7 Å². The summed E-state index contributed by atoms with van der Waals surface area (Å²) >= 11 is 0. The molecule has 18 heavy (non-hydrogen) atoms. The van der Waals surface area contributed by atoms with Crippen LogP contribution in [-0.4, -0.2) is 32.4 Å². The van der Waals surface area contributed by atoms with E-state index in [2.05, 4.69) is 20.3 Å². The Kier molecular flexibility index (Phi) is 2.80. The van der Waals surface area contributed by atoms with Crippen LogP contribution >= 0.6 is 0 Å². The number of fused-ring (bicyclic) bond motifs is 1. The molecule has 0 radical (unpaired) electrons. The molecule has 0 spiro atoms. The summed E-state index contributed by atoms with van der Waals surface area (Å²) < 4.78 is 4.45. The molecule has 1 heterocycles. The van der Waals surface area contributed by atoms with Crippen molar-refractivity contribution in [2.24, 2.45) is 0 Å². The fraction of sp³-hybridized carbons (Fsp3) is 0.222. The van der Waals surface area contributed by atoms with Crippen LogP contribution in [0.4, 0.5) is 11.4 Å². The Morgan fingerprint density at radius 3 is 2.78 bits per heavy atom. The maximum Gasteiger partial charge on any atom is 0.325 e. The molecule has 1 aromatic carbocycles. The lowest BCUT2D eigenvalue weighted by Crippen LogP contribution is -2.25. The Morgan fingerprint density at radius 1 is 1.50 bits per heavy atom. The Bertz CT molecular complexity index is 622. The van der Waals surface area contributed by atoms with Crippen molar-refractivity contribution >= 4 is 28.4 Å². The minimum atomic E-state index is -1.06. The number of hydrogen-bond donors (Lipinski definition) is 2. The summed E-state index contributed by atoms with van der Waals surface area (Å²) in [6.45, 7) is 1.43. The molecule has 0 unspecified atom stereocenters. The summed E-state index contributed by atoms with van der Waals surface area (Å²) in [5, 5.41) is 29.1. The normalized spacial score (nSPS) is 12.3. The van der Waals surface area contributed by atoms with E-state index in [4.69, 9.17) is 5.11 Å². The minimum Gasteiger partial charge on any atom is -0.480 e. The third-order valence-electron chi connectivity index (χ3n) is 2.33. The first-order valence-corrected chi connectivity index (χ1v) is 4.89. The summed E-state index contributed by atoms with van der Waals surface area (Å²) in [6.07, 6.45) is 0. The highest BCUT2D eigenvalue weighted by atomic mass is 16.6. The maximum absolute atomic E-state index is 10.7. The third-order valence-corrected chi connectivity index (χ3v) is 2.33. The van der Waals surface area contributed by atoms with Crippen molar-refractivity contribution < 1.29 is 19.5 Å². The SMILES string of the molecule is C[C@@H](Nc1ccc([N+](=O)[O-])c2nonc12)C(=O)O. The van der Waals surface area contributed by atoms with Crippen LogP contribution in [0, 0.1) is 10.1 Å². The standard InChI is InChI=1S/C9H8N4O5/c1-4(9(14)15)10-5-2-3-6(13(16)17)8-7(5)11-18-12-8/h2-4,10H,1H3,(H,14,15)/t4-/m1/s1. The van der Waals surface area contributed by atoms with Gasteiger partial charge in [-0.3, -0.25) is 14.9 Å². The van der Waals surface area contributed by atoms with E-state index in [9.17, 15) is 14.9 Å². The Labute approximate surface area is 99.5 Å². The average Bonchev–Trinajstić information content (AvgIpc) is 2.77. The van der Waals surface area contributed by atoms with Gasteiger partial charge < -0.3 is 10.4 Å². The molecule has 1 atom stereocenters. The number of nitrogens with one attached hydrogen (secondary N) is 1. The molecular weight excluding hydrogens is 244 g/mol. The van der Waals surface area contributed by atoms with Gasteiger partial charge in [-0.2, -0.15) is 0 Å². The molecule has 0 fully saturated rings. The first-order valence-electron chi connectivity index (χ1n) is 4.89. The maximum atomic E-state index is 10.7. The summed E-state index contributed by atoms with van der Waals surface area (Å²) in [4.78, 5) is 20.8. The fourth-order valence-electron chi connectivity index (χ4n) is 1.41. The highest BCUT2D eigenvalue weighted by molar-refractivity contribution is 5.94. The number of nitro groups is 1. The van der Waals surface area contributed by atoms with Crippen LogP contribution in [0.25, 0.3) is 11.0 Å². The average molecular weight is 252 g/mol. The monoisotopic (exact) mass is 252 g/mol. The number of anilines is 1. The highest BCUT2D eigenvalue weighted by Crippen LogP contribution is 2.28. The van der Waals surface area contributed by atoms with Crippen molar-refractivity contribution in [1.82, 2.24) is 10.3 Å². The van der Waals surface area contributed by atoms with Gasteiger partial charge in [0.15, 0.2) is 5.52 Å². The zero-order valence-electron chi connectivity index (χ0n) is 9.15. The van der Waals surface area contributed by atoms with Crippen LogP contribution in [0.15, 0.2) is 16.8 Å². The number of benzene rings is 1. The molecule has 0 aliphatic rings. The van der Waals surface area contributed by atoms with Gasteiger partial charge in [0.25, 0.3) is 0 Å². The molecule has 9 nitrogen and oxygen atoms in total. The topological polar surface area (TPSA) is 131 Å². The first-order chi connectivity index (χ1) is 8.50. The van der Waals surface area contributed by atoms with E-state index in [0.29, 0.717) is 5.69 Å². The van der Waals surface area contributed by atoms with Gasteiger partial charge in [-0.15, -0.1) is 0 Å². The van der Waals surface area contributed by atoms with Gasteiger partial charge in [-0.25, -0.2) is 4.63 Å². The number of rotatable bonds is 4. The number of nitrogens with zero attached hydrogens (tertiary/aromatic N) is 3. The summed E-state index contributed by atoms with van der Waals surface area (Å²) in [7, 11) is 0. The molecule has 9 heteroatoms. The largest absolute Gasteiger partial charge is 0.480 e. The van der Waals surface area contributed by atoms with Crippen molar-refractivity contribution in [2.45, 2.75) is 13.0 Å². The van der Waals surface area contributed by atoms with Crippen LogP contribution in [-0.2, 0) is 4.79 Å². The van der Waals surface area contributed by atoms with Crippen molar-refractivity contribution in [3.05, 3.63) is 22.2 Å². The predicted molar refractivity (Wildman–Crippen MR) is 59.2 cm³/mol. The highest BCUT2D eigenvalue weighted by Gasteiger charge is 2.21. The van der Waals surface area contributed by atoms with Crippen molar-refractivity contribution in [2.75, 3.05) is 5.32 Å². The van der Waals surface area contributed by atoms with Gasteiger partial charge in [-0.05, 0) is 23.3 Å². The second-order valence-electron chi connectivity index (χ2n) is 3.56. The lowest BCUT2D eigenvalue weighted by Gasteiger charge is -2.10. The quantitative estimate of drug-likeness (QED) is 0.608. The van der Waals surface area contributed by atoms with Gasteiger partial charge in [0.2, 0.25) is 5.52 Å². The third kappa shape index (κ3) is 1.93. The molecule has 0 saturated carbocycles. The van der Waals surface area contributed by atoms with E-state index in [1.165, 1.54) is 19.1 Å². The summed E-state index contributed by atoms with van der Waals surface area (Å²) in [5.41, 5.74) is 0.159. The molecule has 0 saturated heterocycles. The molecule has 0 bridgehead atoms. The number of carboxylic acids is 1. The second kappa shape index (κ2) is 4.28. The first kappa shape index (κ1) is 11.8. The molecule has 1 aromatic heterocycles. The molecule has 94 valence electrons. The Morgan fingerprint density at radius 2 is 2.17 bits per heavy atom. The number of nitro benzene ring substituents is 1. The van der Waals surface area contributed by atoms with Crippen LogP contribution in [0.3, 0.4) is 0 Å². The minimum absolute atomic E-state index is 0.0254. The number of aromatic nitrogens is 2. The molecule has 2 rings (SSSR count). The summed E-state index contributed by atoms with van der Waals surface area (Å²) in [6, 6.07) is 1.71. The number of carbonyl (C=O) groups is 1. The van der Waals surface area contributed by atoms with Crippen molar-refractivity contribution in [1.29, 1.82) is 0 Å². The Balaban J connectivity index is 2.48. The zero-order chi connectivity index (χ0) is 13.3. The van der Waals surface area contributed by atoms with Crippen LogP contribution in [0.1, 0.15) is 6.92 Å². The van der Waals surface area contributed by atoms with E-state index >= 15 is 0 Å². The van der Waals surface area contributed by atoms with Crippen molar-refractivity contribution in [3.63, 3.8) is 0 Å². The van der Waals surface area contributed by atoms with E-state index in [1.54, 1.807) is 0 Å². The van der Waals surface area contributed by atoms with E-state index < -0.39 is 16.9 Å². The predicted octanol–water partition coefficient (Wildman–Crippen LogP) is 1.02. The number of carboxylic acid groups (broad SMARTS) is 1. The smallest absolute Gasteiger partial charge is 0.325 e. The van der Waals surface area contributed by atoms with Gasteiger partial charge in [0.1, 0.15) is 6.04 Å². The van der Waals surface area contributed by atoms with E-state index in [-0.39, 0.29) is 16.7 Å².